The van der Waals surface area contributed by atoms with Gasteiger partial charge in [-0.1, -0.05) is 24.9 Å². The fourth-order valence-corrected chi connectivity index (χ4v) is 1.66. The Morgan fingerprint density at radius 1 is 1.56 bits per heavy atom. The molecule has 1 amide bonds. The molecule has 0 aliphatic rings. The van der Waals surface area contributed by atoms with Crippen molar-refractivity contribution in [3.8, 4) is 0 Å². The number of carbonyl (C=O) groups is 1. The third kappa shape index (κ3) is 3.51. The van der Waals surface area contributed by atoms with Crippen LogP contribution in [0, 0.1) is 6.92 Å². The summed E-state index contributed by atoms with van der Waals surface area (Å²) in [6, 6.07) is 4.90. The normalized spacial score (nSPS) is 12.2. The molecule has 0 aliphatic carbocycles. The maximum Gasteiger partial charge on any atom is 0.241 e. The third-order valence-electron chi connectivity index (χ3n) is 2.38. The van der Waals surface area contributed by atoms with Crippen molar-refractivity contribution in [2.45, 2.75) is 32.7 Å². The van der Waals surface area contributed by atoms with Gasteiger partial charge in [0.05, 0.1) is 6.04 Å². The van der Waals surface area contributed by atoms with E-state index in [1.165, 1.54) is 0 Å². The second-order valence-corrected chi connectivity index (χ2v) is 4.28. The van der Waals surface area contributed by atoms with Crippen LogP contribution in [-0.4, -0.2) is 11.9 Å². The molecule has 0 unspecified atom stereocenters. The molecule has 1 aromatic rings. The zero-order chi connectivity index (χ0) is 12.1. The van der Waals surface area contributed by atoms with Gasteiger partial charge in [0.15, 0.2) is 0 Å². The lowest BCUT2D eigenvalue weighted by molar-refractivity contribution is -0.117. The Hall–Kier alpha value is -1.06. The van der Waals surface area contributed by atoms with Crippen molar-refractivity contribution in [3.63, 3.8) is 0 Å². The van der Waals surface area contributed by atoms with Crippen LogP contribution in [0.3, 0.4) is 0 Å². The molecular weight excluding hydrogens is 224 g/mol. The van der Waals surface area contributed by atoms with Gasteiger partial charge in [-0.15, -0.1) is 0 Å². The number of halogens is 1. The molecule has 0 aliphatic heterocycles. The predicted octanol–water partition coefficient (Wildman–Crippen LogP) is 2.71. The van der Waals surface area contributed by atoms with Gasteiger partial charge >= 0.3 is 0 Å². The minimum Gasteiger partial charge on any atom is -0.324 e. The number of rotatable bonds is 4. The van der Waals surface area contributed by atoms with Gasteiger partial charge in [0.2, 0.25) is 5.91 Å². The quantitative estimate of drug-likeness (QED) is 0.850. The Morgan fingerprint density at radius 3 is 2.81 bits per heavy atom. The summed E-state index contributed by atoms with van der Waals surface area (Å²) in [5.74, 6) is -0.146. The van der Waals surface area contributed by atoms with Gasteiger partial charge in [0, 0.05) is 10.7 Å². The van der Waals surface area contributed by atoms with Crippen molar-refractivity contribution >= 4 is 23.2 Å². The number of hydrogen-bond donors (Lipinski definition) is 2. The van der Waals surface area contributed by atoms with Crippen molar-refractivity contribution < 1.29 is 4.79 Å². The summed E-state index contributed by atoms with van der Waals surface area (Å²) in [5.41, 5.74) is 7.42. The molecule has 0 saturated heterocycles. The summed E-state index contributed by atoms with van der Waals surface area (Å²) in [6.45, 7) is 3.90. The molecule has 4 heteroatoms. The zero-order valence-corrected chi connectivity index (χ0v) is 10.3. The Labute approximate surface area is 101 Å². The summed E-state index contributed by atoms with van der Waals surface area (Å²) >= 11 is 5.83. The average Bonchev–Trinajstić information content (AvgIpc) is 2.22. The van der Waals surface area contributed by atoms with Crippen molar-refractivity contribution in [3.05, 3.63) is 28.8 Å². The summed E-state index contributed by atoms with van der Waals surface area (Å²) < 4.78 is 0. The van der Waals surface area contributed by atoms with Gasteiger partial charge in [-0.3, -0.25) is 4.79 Å². The number of nitrogens with one attached hydrogen (secondary N) is 1. The highest BCUT2D eigenvalue weighted by molar-refractivity contribution is 6.30. The van der Waals surface area contributed by atoms with Crippen molar-refractivity contribution in [2.75, 3.05) is 5.32 Å². The summed E-state index contributed by atoms with van der Waals surface area (Å²) in [5, 5.41) is 3.46. The molecule has 3 nitrogen and oxygen atoms in total. The van der Waals surface area contributed by atoms with E-state index < -0.39 is 6.04 Å². The van der Waals surface area contributed by atoms with Gasteiger partial charge < -0.3 is 11.1 Å². The van der Waals surface area contributed by atoms with Crippen LogP contribution in [0.4, 0.5) is 5.69 Å². The molecule has 1 atom stereocenters. The van der Waals surface area contributed by atoms with Gasteiger partial charge in [-0.05, 0) is 37.1 Å². The first-order valence-corrected chi connectivity index (χ1v) is 5.75. The number of carbonyl (C=O) groups excluding carboxylic acids is 1. The summed E-state index contributed by atoms with van der Waals surface area (Å²) in [6.07, 6.45) is 1.59. The standard InChI is InChI=1S/C12H17ClN2O/c1-3-4-10(14)12(16)15-11-6-5-9(13)7-8(11)2/h5-7,10H,3-4,14H2,1-2H3,(H,15,16)/t10-/m0/s1. The molecular formula is C12H17ClN2O. The van der Waals surface area contributed by atoms with Crippen LogP contribution >= 0.6 is 11.6 Å². The fraction of sp³-hybridized carbons (Fsp3) is 0.417. The van der Waals surface area contributed by atoms with E-state index in [9.17, 15) is 4.79 Å². The number of hydrogen-bond acceptors (Lipinski definition) is 2. The van der Waals surface area contributed by atoms with E-state index in [0.717, 1.165) is 17.7 Å². The maximum atomic E-state index is 11.7. The van der Waals surface area contributed by atoms with Crippen LogP contribution in [0.15, 0.2) is 18.2 Å². The molecule has 0 spiro atoms. The smallest absolute Gasteiger partial charge is 0.241 e. The Kier molecular flexibility index (Phi) is 4.77. The molecule has 0 fully saturated rings. The molecule has 0 aromatic heterocycles. The van der Waals surface area contributed by atoms with Crippen LogP contribution in [0.25, 0.3) is 0 Å². The number of nitrogens with two attached hydrogens (primary N) is 1. The lowest BCUT2D eigenvalue weighted by atomic mass is 10.1. The lowest BCUT2D eigenvalue weighted by Gasteiger charge is -2.13. The average molecular weight is 241 g/mol. The Bertz CT molecular complexity index is 379. The Morgan fingerprint density at radius 2 is 2.25 bits per heavy atom. The topological polar surface area (TPSA) is 55.1 Å². The van der Waals surface area contributed by atoms with Crippen molar-refractivity contribution in [2.24, 2.45) is 5.73 Å². The maximum absolute atomic E-state index is 11.7. The highest BCUT2D eigenvalue weighted by Gasteiger charge is 2.13. The fourth-order valence-electron chi connectivity index (χ4n) is 1.43. The summed E-state index contributed by atoms with van der Waals surface area (Å²) in [7, 11) is 0. The molecule has 1 rings (SSSR count). The van der Waals surface area contributed by atoms with Gasteiger partial charge in [0.25, 0.3) is 0 Å². The highest BCUT2D eigenvalue weighted by Crippen LogP contribution is 2.19. The molecule has 3 N–H and O–H groups in total. The second kappa shape index (κ2) is 5.87. The van der Waals surface area contributed by atoms with Crippen molar-refractivity contribution in [1.29, 1.82) is 0 Å². The molecule has 0 heterocycles. The molecule has 1 aromatic carbocycles. The van der Waals surface area contributed by atoms with E-state index in [1.807, 2.05) is 19.9 Å². The predicted molar refractivity (Wildman–Crippen MR) is 67.7 cm³/mol. The van der Waals surface area contributed by atoms with Crippen molar-refractivity contribution in [1.82, 2.24) is 0 Å². The monoisotopic (exact) mass is 240 g/mol. The van der Waals surface area contributed by atoms with Crippen LogP contribution in [0.5, 0.6) is 0 Å². The molecule has 16 heavy (non-hydrogen) atoms. The number of benzene rings is 1. The Balaban J connectivity index is 2.69. The molecule has 88 valence electrons. The van der Waals surface area contributed by atoms with Gasteiger partial charge in [0.1, 0.15) is 0 Å². The van der Waals surface area contributed by atoms with E-state index in [-0.39, 0.29) is 5.91 Å². The first-order valence-electron chi connectivity index (χ1n) is 5.37. The number of amides is 1. The minimum absolute atomic E-state index is 0.146. The number of aryl methyl sites for hydroxylation is 1. The number of anilines is 1. The van der Waals surface area contributed by atoms with Gasteiger partial charge in [-0.2, -0.15) is 0 Å². The van der Waals surface area contributed by atoms with Crippen LogP contribution in [-0.2, 0) is 4.79 Å². The van der Waals surface area contributed by atoms with Gasteiger partial charge in [-0.25, -0.2) is 0 Å². The zero-order valence-electron chi connectivity index (χ0n) is 9.59. The summed E-state index contributed by atoms with van der Waals surface area (Å²) in [4.78, 5) is 11.7. The first-order chi connectivity index (χ1) is 7.54. The molecule has 0 bridgehead atoms. The van der Waals surface area contributed by atoms with Crippen LogP contribution in [0.2, 0.25) is 5.02 Å². The lowest BCUT2D eigenvalue weighted by Crippen LogP contribution is -2.35. The SMILES string of the molecule is CCC[C@H](N)C(=O)Nc1ccc(Cl)cc1C. The van der Waals surface area contributed by atoms with E-state index >= 15 is 0 Å². The largest absolute Gasteiger partial charge is 0.324 e. The van der Waals surface area contributed by atoms with Crippen LogP contribution in [0.1, 0.15) is 25.3 Å². The third-order valence-corrected chi connectivity index (χ3v) is 2.62. The van der Waals surface area contributed by atoms with E-state index in [2.05, 4.69) is 5.32 Å². The van der Waals surface area contributed by atoms with E-state index in [0.29, 0.717) is 11.4 Å². The second-order valence-electron chi connectivity index (χ2n) is 3.84. The molecule has 0 radical (unpaired) electrons. The minimum atomic E-state index is -0.444. The first kappa shape index (κ1) is 13.0. The highest BCUT2D eigenvalue weighted by atomic mass is 35.5. The van der Waals surface area contributed by atoms with E-state index in [4.69, 9.17) is 17.3 Å². The molecule has 0 saturated carbocycles. The van der Waals surface area contributed by atoms with E-state index in [1.54, 1.807) is 12.1 Å². The van der Waals surface area contributed by atoms with Crippen LogP contribution < -0.4 is 11.1 Å².